The zero-order valence-corrected chi connectivity index (χ0v) is 12.1. The van der Waals surface area contributed by atoms with Gasteiger partial charge in [0.1, 0.15) is 17.4 Å². The first-order chi connectivity index (χ1) is 9.51. The van der Waals surface area contributed by atoms with E-state index in [4.69, 9.17) is 4.74 Å². The molecule has 0 aliphatic heterocycles. The summed E-state index contributed by atoms with van der Waals surface area (Å²) >= 11 is 0. The lowest BCUT2D eigenvalue weighted by Gasteiger charge is -2.14. The van der Waals surface area contributed by atoms with Crippen LogP contribution in [0.2, 0.25) is 0 Å². The molecule has 0 aliphatic carbocycles. The van der Waals surface area contributed by atoms with Gasteiger partial charge < -0.3 is 9.64 Å². The van der Waals surface area contributed by atoms with Crippen molar-refractivity contribution in [1.82, 2.24) is 4.98 Å². The van der Waals surface area contributed by atoms with E-state index in [9.17, 15) is 5.26 Å². The van der Waals surface area contributed by atoms with Gasteiger partial charge in [0.15, 0.2) is 0 Å². The molecular weight excluding hydrogens is 250 g/mol. The molecule has 0 spiro atoms. The Bertz CT molecular complexity index is 672. The monoisotopic (exact) mass is 267 g/mol. The number of hydrogen-bond acceptors (Lipinski definition) is 4. The smallest absolute Gasteiger partial charge is 0.237 e. The second-order valence-electron chi connectivity index (χ2n) is 4.87. The Morgan fingerprint density at radius 3 is 2.60 bits per heavy atom. The lowest BCUT2D eigenvalue weighted by Crippen LogP contribution is -2.08. The van der Waals surface area contributed by atoms with Crippen LogP contribution >= 0.6 is 0 Å². The minimum Gasteiger partial charge on any atom is -0.438 e. The average Bonchev–Trinajstić information content (AvgIpc) is 2.38. The van der Waals surface area contributed by atoms with Crippen LogP contribution in [0.15, 0.2) is 30.3 Å². The van der Waals surface area contributed by atoms with Crippen LogP contribution < -0.4 is 9.64 Å². The molecule has 20 heavy (non-hydrogen) atoms. The van der Waals surface area contributed by atoms with Crippen LogP contribution in [0.3, 0.4) is 0 Å². The van der Waals surface area contributed by atoms with E-state index in [1.54, 1.807) is 0 Å². The summed E-state index contributed by atoms with van der Waals surface area (Å²) < 4.78 is 5.79. The molecule has 1 heterocycles. The van der Waals surface area contributed by atoms with Gasteiger partial charge >= 0.3 is 0 Å². The molecule has 0 bridgehead atoms. The molecule has 4 nitrogen and oxygen atoms in total. The fourth-order valence-electron chi connectivity index (χ4n) is 1.95. The Morgan fingerprint density at radius 1 is 1.20 bits per heavy atom. The molecule has 2 rings (SSSR count). The summed E-state index contributed by atoms with van der Waals surface area (Å²) in [6.07, 6.45) is 0. The van der Waals surface area contributed by atoms with Gasteiger partial charge in [-0.3, -0.25) is 0 Å². The van der Waals surface area contributed by atoms with Gasteiger partial charge in [-0.05, 0) is 37.6 Å². The number of aromatic nitrogens is 1. The minimum absolute atomic E-state index is 0.362. The first kappa shape index (κ1) is 13.9. The van der Waals surface area contributed by atoms with E-state index < -0.39 is 0 Å². The standard InChI is InChI=1S/C16H17N3O/c1-11-8-12(2)18-16(15(11)10-17)20-14-7-5-6-13(9-14)19(3)4/h5-9H,1-4H3. The fourth-order valence-corrected chi connectivity index (χ4v) is 1.95. The summed E-state index contributed by atoms with van der Waals surface area (Å²) in [5.41, 5.74) is 3.22. The van der Waals surface area contributed by atoms with Crippen molar-refractivity contribution in [3.05, 3.63) is 47.2 Å². The Kier molecular flexibility index (Phi) is 3.90. The third-order valence-corrected chi connectivity index (χ3v) is 2.97. The third kappa shape index (κ3) is 2.89. The molecule has 1 aromatic heterocycles. The van der Waals surface area contributed by atoms with Crippen molar-refractivity contribution in [2.45, 2.75) is 13.8 Å². The van der Waals surface area contributed by atoms with E-state index in [0.717, 1.165) is 16.9 Å². The largest absolute Gasteiger partial charge is 0.438 e. The van der Waals surface area contributed by atoms with Crippen molar-refractivity contribution in [2.24, 2.45) is 0 Å². The normalized spacial score (nSPS) is 9.95. The molecule has 0 aliphatic rings. The topological polar surface area (TPSA) is 49.1 Å². The highest BCUT2D eigenvalue weighted by Gasteiger charge is 2.11. The van der Waals surface area contributed by atoms with Crippen LogP contribution in [0.4, 0.5) is 5.69 Å². The van der Waals surface area contributed by atoms with Gasteiger partial charge in [0.25, 0.3) is 0 Å². The minimum atomic E-state index is 0.362. The maximum Gasteiger partial charge on any atom is 0.237 e. The van der Waals surface area contributed by atoms with Crippen molar-refractivity contribution in [3.8, 4) is 17.7 Å². The summed E-state index contributed by atoms with van der Waals surface area (Å²) in [7, 11) is 3.93. The molecule has 102 valence electrons. The molecule has 4 heteroatoms. The maximum absolute atomic E-state index is 9.23. The zero-order valence-electron chi connectivity index (χ0n) is 12.1. The zero-order chi connectivity index (χ0) is 14.7. The summed E-state index contributed by atoms with van der Waals surface area (Å²) in [6, 6.07) is 11.7. The molecule has 2 aromatic rings. The number of ether oxygens (including phenoxy) is 1. The SMILES string of the molecule is Cc1cc(C)c(C#N)c(Oc2cccc(N(C)C)c2)n1. The van der Waals surface area contributed by atoms with E-state index in [-0.39, 0.29) is 0 Å². The van der Waals surface area contributed by atoms with Crippen molar-refractivity contribution in [2.75, 3.05) is 19.0 Å². The Hall–Kier alpha value is -2.54. The molecule has 0 N–H and O–H groups in total. The summed E-state index contributed by atoms with van der Waals surface area (Å²) in [5.74, 6) is 1.03. The van der Waals surface area contributed by atoms with Gasteiger partial charge in [0.05, 0.1) is 0 Å². The summed E-state index contributed by atoms with van der Waals surface area (Å²) in [4.78, 5) is 6.31. The van der Waals surface area contributed by atoms with Crippen molar-refractivity contribution >= 4 is 5.69 Å². The van der Waals surface area contributed by atoms with E-state index in [1.165, 1.54) is 0 Å². The second-order valence-corrected chi connectivity index (χ2v) is 4.87. The summed E-state index contributed by atoms with van der Waals surface area (Å²) in [5, 5.41) is 9.23. The number of nitrogens with zero attached hydrogens (tertiary/aromatic N) is 3. The first-order valence-electron chi connectivity index (χ1n) is 6.35. The van der Waals surface area contributed by atoms with E-state index >= 15 is 0 Å². The van der Waals surface area contributed by atoms with E-state index in [2.05, 4.69) is 11.1 Å². The van der Waals surface area contributed by atoms with Crippen LogP contribution in [-0.4, -0.2) is 19.1 Å². The molecule has 0 saturated heterocycles. The number of anilines is 1. The number of pyridine rings is 1. The predicted octanol–water partition coefficient (Wildman–Crippen LogP) is 3.43. The van der Waals surface area contributed by atoms with Crippen LogP contribution in [0.5, 0.6) is 11.6 Å². The maximum atomic E-state index is 9.23. The number of benzene rings is 1. The quantitative estimate of drug-likeness (QED) is 0.855. The molecule has 0 fully saturated rings. The molecule has 0 atom stereocenters. The molecular formula is C16H17N3O. The van der Waals surface area contributed by atoms with Crippen molar-refractivity contribution < 1.29 is 4.74 Å². The molecule has 0 unspecified atom stereocenters. The Balaban J connectivity index is 2.40. The lowest BCUT2D eigenvalue weighted by molar-refractivity contribution is 0.459. The molecule has 0 saturated carbocycles. The first-order valence-corrected chi connectivity index (χ1v) is 6.35. The fraction of sp³-hybridized carbons (Fsp3) is 0.250. The molecule has 0 amide bonds. The highest BCUT2D eigenvalue weighted by molar-refractivity contribution is 5.52. The van der Waals surface area contributed by atoms with Crippen LogP contribution in [0, 0.1) is 25.2 Å². The number of hydrogen-bond donors (Lipinski definition) is 0. The van der Waals surface area contributed by atoms with Gasteiger partial charge in [0.2, 0.25) is 5.88 Å². The highest BCUT2D eigenvalue weighted by Crippen LogP contribution is 2.28. The lowest BCUT2D eigenvalue weighted by atomic mass is 10.1. The Morgan fingerprint density at radius 2 is 1.95 bits per heavy atom. The van der Waals surface area contributed by atoms with Gasteiger partial charge in [-0.15, -0.1) is 0 Å². The van der Waals surface area contributed by atoms with Crippen molar-refractivity contribution in [1.29, 1.82) is 5.26 Å². The number of aryl methyl sites for hydroxylation is 2. The van der Waals surface area contributed by atoms with Gasteiger partial charge in [-0.2, -0.15) is 5.26 Å². The molecule has 0 radical (unpaired) electrons. The second kappa shape index (κ2) is 5.62. The Labute approximate surface area is 119 Å². The van der Waals surface area contributed by atoms with Crippen molar-refractivity contribution in [3.63, 3.8) is 0 Å². The molecule has 1 aromatic carbocycles. The van der Waals surface area contributed by atoms with E-state index in [1.807, 2.05) is 63.2 Å². The van der Waals surface area contributed by atoms with Gasteiger partial charge in [-0.1, -0.05) is 6.07 Å². The van der Waals surface area contributed by atoms with Gasteiger partial charge in [-0.25, -0.2) is 4.98 Å². The third-order valence-electron chi connectivity index (χ3n) is 2.97. The van der Waals surface area contributed by atoms with Crippen LogP contribution in [0.25, 0.3) is 0 Å². The summed E-state index contributed by atoms with van der Waals surface area (Å²) in [6.45, 7) is 3.77. The number of nitriles is 1. The predicted molar refractivity (Wildman–Crippen MR) is 79.3 cm³/mol. The van der Waals surface area contributed by atoms with Crippen LogP contribution in [0.1, 0.15) is 16.8 Å². The highest BCUT2D eigenvalue weighted by atomic mass is 16.5. The van der Waals surface area contributed by atoms with Gasteiger partial charge in [0, 0.05) is 31.5 Å². The average molecular weight is 267 g/mol. The van der Waals surface area contributed by atoms with Crippen LogP contribution in [-0.2, 0) is 0 Å². The van der Waals surface area contributed by atoms with E-state index in [0.29, 0.717) is 17.2 Å². The number of rotatable bonds is 3.